The van der Waals surface area contributed by atoms with E-state index in [2.05, 4.69) is 9.97 Å². The zero-order valence-corrected chi connectivity index (χ0v) is 15.7. The predicted molar refractivity (Wildman–Crippen MR) is 98.3 cm³/mol. The van der Waals surface area contributed by atoms with Gasteiger partial charge in [-0.3, -0.25) is 4.40 Å². The lowest BCUT2D eigenvalue weighted by Gasteiger charge is -2.18. The van der Waals surface area contributed by atoms with Gasteiger partial charge in [0.05, 0.1) is 11.7 Å². The van der Waals surface area contributed by atoms with Crippen LogP contribution in [0.5, 0.6) is 0 Å². The molecular weight excluding hydrogens is 389 g/mol. The Labute approximate surface area is 163 Å². The third kappa shape index (κ3) is 3.50. The van der Waals surface area contributed by atoms with Gasteiger partial charge < -0.3 is 19.9 Å². The number of carbonyl (C=O) groups excluding carboxylic acids is 1. The van der Waals surface area contributed by atoms with Crippen LogP contribution in [0.15, 0.2) is 24.7 Å². The summed E-state index contributed by atoms with van der Waals surface area (Å²) in [5.74, 6) is 0.0180. The third-order valence-corrected chi connectivity index (χ3v) is 5.50. The van der Waals surface area contributed by atoms with Crippen LogP contribution >= 0.6 is 0 Å². The smallest absolute Gasteiger partial charge is 0.376 e. The zero-order valence-electron chi connectivity index (χ0n) is 15.7. The fourth-order valence-corrected chi connectivity index (χ4v) is 4.07. The fourth-order valence-electron chi connectivity index (χ4n) is 4.07. The van der Waals surface area contributed by atoms with Crippen molar-refractivity contribution < 1.29 is 23.1 Å². The van der Waals surface area contributed by atoms with Gasteiger partial charge in [-0.2, -0.15) is 13.2 Å². The number of amides is 2. The van der Waals surface area contributed by atoms with E-state index in [1.54, 1.807) is 23.2 Å². The summed E-state index contributed by atoms with van der Waals surface area (Å²) in [6, 6.07) is 1.12. The number of fused-ring (bicyclic) bond motifs is 3. The van der Waals surface area contributed by atoms with Gasteiger partial charge in [0.15, 0.2) is 11.3 Å². The first-order valence-corrected chi connectivity index (χ1v) is 9.34. The Morgan fingerprint density at radius 1 is 1.31 bits per heavy atom. The first-order valence-electron chi connectivity index (χ1n) is 9.34. The number of alkyl halides is 3. The largest absolute Gasteiger partial charge is 0.405 e. The molecule has 1 saturated heterocycles. The Morgan fingerprint density at radius 3 is 2.79 bits per heavy atom. The molecule has 0 radical (unpaired) electrons. The Morgan fingerprint density at radius 2 is 2.10 bits per heavy atom. The van der Waals surface area contributed by atoms with E-state index < -0.39 is 18.8 Å². The van der Waals surface area contributed by atoms with Gasteiger partial charge in [0.1, 0.15) is 13.3 Å². The minimum absolute atomic E-state index is 0.0743. The van der Waals surface area contributed by atoms with Gasteiger partial charge in [-0.25, -0.2) is 14.8 Å². The summed E-state index contributed by atoms with van der Waals surface area (Å²) >= 11 is 0. The highest BCUT2D eigenvalue weighted by Crippen LogP contribution is 2.36. The highest BCUT2D eigenvalue weighted by atomic mass is 19.4. The molecule has 3 aromatic heterocycles. The van der Waals surface area contributed by atoms with Crippen molar-refractivity contribution in [3.8, 4) is 0 Å². The summed E-state index contributed by atoms with van der Waals surface area (Å²) in [5, 5.41) is 11.4. The molecule has 0 spiro atoms. The van der Waals surface area contributed by atoms with Gasteiger partial charge in [0.2, 0.25) is 0 Å². The van der Waals surface area contributed by atoms with Crippen molar-refractivity contribution in [1.82, 2.24) is 29.2 Å². The summed E-state index contributed by atoms with van der Waals surface area (Å²) in [7, 11) is 0. The number of urea groups is 1. The van der Waals surface area contributed by atoms with Crippen molar-refractivity contribution in [3.05, 3.63) is 30.4 Å². The molecule has 1 fully saturated rings. The van der Waals surface area contributed by atoms with Crippen molar-refractivity contribution >= 4 is 22.8 Å². The minimum Gasteiger partial charge on any atom is -0.376 e. The molecule has 0 unspecified atom stereocenters. The molecule has 0 aromatic carbocycles. The molecule has 3 aromatic rings. The number of hydrogen-bond acceptors (Lipinski definition) is 4. The molecule has 1 aliphatic rings. The molecule has 11 heteroatoms. The fraction of sp³-hybridized carbons (Fsp3) is 0.500. The first kappa shape index (κ1) is 19.5. The number of nitrogens with one attached hydrogen (secondary N) is 1. The number of aliphatic hydroxyl groups is 1. The molecule has 0 bridgehead atoms. The van der Waals surface area contributed by atoms with Crippen molar-refractivity contribution in [2.24, 2.45) is 5.92 Å². The van der Waals surface area contributed by atoms with Gasteiger partial charge in [0, 0.05) is 37.1 Å². The van der Waals surface area contributed by atoms with E-state index in [1.807, 2.05) is 22.7 Å². The summed E-state index contributed by atoms with van der Waals surface area (Å²) in [4.78, 5) is 22.4. The number of imidazole rings is 1. The topological polar surface area (TPSA) is 87.7 Å². The molecular formula is C18H21F3N6O2. The van der Waals surface area contributed by atoms with Crippen LogP contribution < -0.4 is 5.32 Å². The molecule has 4 rings (SSSR count). The number of rotatable bonds is 4. The van der Waals surface area contributed by atoms with Crippen molar-refractivity contribution in [2.75, 3.05) is 19.6 Å². The van der Waals surface area contributed by atoms with Crippen LogP contribution in [0.25, 0.3) is 16.8 Å². The quantitative estimate of drug-likeness (QED) is 0.691. The summed E-state index contributed by atoms with van der Waals surface area (Å²) in [6.07, 6.45) is 1.40. The van der Waals surface area contributed by atoms with Gasteiger partial charge in [-0.1, -0.05) is 13.3 Å². The average Bonchev–Trinajstić information content (AvgIpc) is 3.39. The second-order valence-electron chi connectivity index (χ2n) is 7.22. The molecule has 4 heterocycles. The molecule has 2 amide bonds. The summed E-state index contributed by atoms with van der Waals surface area (Å²) in [5.41, 5.74) is 2.89. The van der Waals surface area contributed by atoms with Crippen LogP contribution in [-0.2, 0) is 6.73 Å². The highest BCUT2D eigenvalue weighted by Gasteiger charge is 2.38. The summed E-state index contributed by atoms with van der Waals surface area (Å²) in [6.45, 7) is 1.13. The van der Waals surface area contributed by atoms with Gasteiger partial charge in [-0.15, -0.1) is 0 Å². The van der Waals surface area contributed by atoms with Crippen molar-refractivity contribution in [2.45, 2.75) is 32.2 Å². The molecule has 0 aliphatic carbocycles. The number of carbonyl (C=O) groups is 1. The van der Waals surface area contributed by atoms with E-state index in [4.69, 9.17) is 0 Å². The lowest BCUT2D eigenvalue weighted by Crippen LogP contribution is -2.42. The van der Waals surface area contributed by atoms with Crippen LogP contribution in [0.3, 0.4) is 0 Å². The van der Waals surface area contributed by atoms with Crippen LogP contribution in [-0.4, -0.2) is 60.8 Å². The zero-order chi connectivity index (χ0) is 20.8. The maximum Gasteiger partial charge on any atom is 0.405 e. The van der Waals surface area contributed by atoms with E-state index in [9.17, 15) is 23.1 Å². The maximum absolute atomic E-state index is 12.4. The standard InChI is InChI=1S/C18H21F3N6O2/c1-2-11-7-26(17(29)24-9-18(19,20)21)8-12(11)14-5-22-15-6-23-16-13(27(14)15)3-4-25(16)10-28/h3-6,11-12,28H,2,7-10H2,1H3,(H,24,29)/t11-,12+/m1/s1. The van der Waals surface area contributed by atoms with E-state index in [-0.39, 0.29) is 18.6 Å². The predicted octanol–water partition coefficient (Wildman–Crippen LogP) is 2.33. The van der Waals surface area contributed by atoms with Gasteiger partial charge >= 0.3 is 12.2 Å². The molecule has 156 valence electrons. The third-order valence-electron chi connectivity index (χ3n) is 5.50. The SMILES string of the molecule is CC[C@@H]1CN(C(=O)NCC(F)(F)F)C[C@@H]1c1cnc2cnc3c(ccn3CO)n12. The van der Waals surface area contributed by atoms with Crippen LogP contribution in [0.2, 0.25) is 0 Å². The molecule has 8 nitrogen and oxygen atoms in total. The molecule has 0 saturated carbocycles. The van der Waals surface area contributed by atoms with Crippen LogP contribution in [0.1, 0.15) is 25.0 Å². The normalized spacial score (nSPS) is 20.1. The number of aliphatic hydroxyl groups excluding tert-OH is 1. The number of halogens is 3. The lowest BCUT2D eigenvalue weighted by atomic mass is 9.91. The molecule has 1 aliphatic heterocycles. The Balaban J connectivity index is 1.66. The second kappa shape index (κ2) is 7.21. The van der Waals surface area contributed by atoms with Crippen LogP contribution in [0, 0.1) is 5.92 Å². The number of aromatic nitrogens is 4. The van der Waals surface area contributed by atoms with E-state index in [0.717, 1.165) is 17.6 Å². The monoisotopic (exact) mass is 410 g/mol. The van der Waals surface area contributed by atoms with E-state index in [0.29, 0.717) is 24.4 Å². The van der Waals surface area contributed by atoms with Crippen LogP contribution in [0.4, 0.5) is 18.0 Å². The van der Waals surface area contributed by atoms with Crippen molar-refractivity contribution in [1.29, 1.82) is 0 Å². The molecule has 2 atom stereocenters. The summed E-state index contributed by atoms with van der Waals surface area (Å²) < 4.78 is 40.8. The Bertz CT molecular complexity index is 1040. The molecule has 2 N–H and O–H groups in total. The van der Waals surface area contributed by atoms with E-state index >= 15 is 0 Å². The van der Waals surface area contributed by atoms with Crippen molar-refractivity contribution in [3.63, 3.8) is 0 Å². The minimum atomic E-state index is -4.45. The van der Waals surface area contributed by atoms with Gasteiger partial charge in [-0.05, 0) is 12.0 Å². The number of hydrogen-bond donors (Lipinski definition) is 2. The lowest BCUT2D eigenvalue weighted by molar-refractivity contribution is -0.123. The number of likely N-dealkylation sites (tertiary alicyclic amines) is 1. The molecule has 29 heavy (non-hydrogen) atoms. The maximum atomic E-state index is 12.4. The highest BCUT2D eigenvalue weighted by molar-refractivity contribution is 5.76. The van der Waals surface area contributed by atoms with E-state index in [1.165, 1.54) is 4.90 Å². The Hall–Kier alpha value is -2.82. The second-order valence-corrected chi connectivity index (χ2v) is 7.22. The average molecular weight is 410 g/mol. The number of nitrogens with zero attached hydrogens (tertiary/aromatic N) is 5. The first-order chi connectivity index (χ1) is 13.8. The van der Waals surface area contributed by atoms with Gasteiger partial charge in [0.25, 0.3) is 0 Å². The Kier molecular flexibility index (Phi) is 4.85.